The lowest BCUT2D eigenvalue weighted by atomic mass is 9.95. The molecule has 3 aromatic rings. The Labute approximate surface area is 254 Å². The molecule has 0 heterocycles. The van der Waals surface area contributed by atoms with E-state index in [9.17, 15) is 18.0 Å². The molecule has 9 heteroatoms. The van der Waals surface area contributed by atoms with Gasteiger partial charge in [0.25, 0.3) is 10.0 Å². The summed E-state index contributed by atoms with van der Waals surface area (Å²) in [5.41, 5.74) is 3.06. The van der Waals surface area contributed by atoms with Gasteiger partial charge in [0, 0.05) is 17.6 Å². The second-order valence-corrected chi connectivity index (χ2v) is 13.4. The molecular formula is C33H40ClN3O4S. The van der Waals surface area contributed by atoms with Crippen molar-refractivity contribution in [2.45, 2.75) is 82.8 Å². The van der Waals surface area contributed by atoms with Crippen LogP contribution in [0.5, 0.6) is 0 Å². The third kappa shape index (κ3) is 7.92. The third-order valence-corrected chi connectivity index (χ3v) is 9.85. The van der Waals surface area contributed by atoms with Crippen molar-refractivity contribution in [2.24, 2.45) is 0 Å². The van der Waals surface area contributed by atoms with Gasteiger partial charge < -0.3 is 10.2 Å². The molecule has 1 N–H and O–H groups in total. The van der Waals surface area contributed by atoms with Gasteiger partial charge in [0.05, 0.1) is 10.6 Å². The molecule has 0 radical (unpaired) electrons. The van der Waals surface area contributed by atoms with Crippen molar-refractivity contribution in [2.75, 3.05) is 10.8 Å². The standard InChI is InChI=1S/C33H40ClN3O4S/c1-4-31(33(39)35-28-8-6-5-7-9-28)36(22-26-14-16-27(34)17-15-26)32(38)23-37(29-18-10-24(2)11-19-29)42(40,41)30-20-12-25(3)13-21-30/h10-21,28,31H,4-9,22-23H2,1-3H3,(H,35,39)/t31-/m1/s1. The summed E-state index contributed by atoms with van der Waals surface area (Å²) in [5.74, 6) is -0.679. The Morgan fingerprint density at radius 3 is 2.02 bits per heavy atom. The van der Waals surface area contributed by atoms with E-state index in [4.69, 9.17) is 11.6 Å². The van der Waals surface area contributed by atoms with E-state index < -0.39 is 28.5 Å². The smallest absolute Gasteiger partial charge is 0.264 e. The van der Waals surface area contributed by atoms with Crippen molar-refractivity contribution in [3.8, 4) is 0 Å². The zero-order chi connectivity index (χ0) is 30.3. The minimum absolute atomic E-state index is 0.0822. The zero-order valence-corrected chi connectivity index (χ0v) is 26.1. The van der Waals surface area contributed by atoms with E-state index in [0.29, 0.717) is 17.1 Å². The fourth-order valence-electron chi connectivity index (χ4n) is 5.33. The van der Waals surface area contributed by atoms with Gasteiger partial charge in [-0.2, -0.15) is 0 Å². The maximum absolute atomic E-state index is 14.2. The first-order valence-electron chi connectivity index (χ1n) is 14.6. The molecule has 1 saturated carbocycles. The zero-order valence-electron chi connectivity index (χ0n) is 24.6. The van der Waals surface area contributed by atoms with Gasteiger partial charge in [0.15, 0.2) is 0 Å². The van der Waals surface area contributed by atoms with E-state index in [2.05, 4.69) is 5.32 Å². The van der Waals surface area contributed by atoms with Crippen LogP contribution in [0.15, 0.2) is 77.7 Å². The van der Waals surface area contributed by atoms with Gasteiger partial charge in [-0.05, 0) is 75.1 Å². The average Bonchev–Trinajstić information content (AvgIpc) is 2.98. The van der Waals surface area contributed by atoms with E-state index in [1.807, 2.05) is 45.0 Å². The average molecular weight is 610 g/mol. The second-order valence-electron chi connectivity index (χ2n) is 11.1. The first kappa shape index (κ1) is 31.6. The summed E-state index contributed by atoms with van der Waals surface area (Å²) in [6.45, 7) is 5.35. The molecule has 4 rings (SSSR count). The van der Waals surface area contributed by atoms with Gasteiger partial charge in [-0.25, -0.2) is 8.42 Å². The molecule has 1 aliphatic carbocycles. The highest BCUT2D eigenvalue weighted by Gasteiger charge is 2.34. The first-order valence-corrected chi connectivity index (χ1v) is 16.4. The lowest BCUT2D eigenvalue weighted by Gasteiger charge is -2.34. The van der Waals surface area contributed by atoms with Crippen molar-refractivity contribution in [3.05, 3.63) is 94.5 Å². The van der Waals surface area contributed by atoms with Crippen LogP contribution < -0.4 is 9.62 Å². The molecule has 0 aromatic heterocycles. The maximum atomic E-state index is 14.2. The van der Waals surface area contributed by atoms with E-state index in [-0.39, 0.29) is 23.4 Å². The number of amides is 2. The van der Waals surface area contributed by atoms with Crippen molar-refractivity contribution in [1.82, 2.24) is 10.2 Å². The number of benzene rings is 3. The second kappa shape index (κ2) is 14.2. The number of hydrogen-bond donors (Lipinski definition) is 1. The lowest BCUT2D eigenvalue weighted by molar-refractivity contribution is -0.140. The number of carbonyl (C=O) groups is 2. The summed E-state index contributed by atoms with van der Waals surface area (Å²) in [5, 5.41) is 3.73. The minimum Gasteiger partial charge on any atom is -0.352 e. The number of aryl methyl sites for hydroxylation is 2. The molecule has 1 aliphatic rings. The predicted molar refractivity (Wildman–Crippen MR) is 168 cm³/mol. The summed E-state index contributed by atoms with van der Waals surface area (Å²) in [6.07, 6.45) is 5.52. The molecule has 0 aliphatic heterocycles. The van der Waals surface area contributed by atoms with Crippen LogP contribution in [-0.4, -0.2) is 43.8 Å². The van der Waals surface area contributed by atoms with Crippen molar-refractivity contribution >= 4 is 39.1 Å². The summed E-state index contributed by atoms with van der Waals surface area (Å²) < 4.78 is 29.1. The Morgan fingerprint density at radius 2 is 1.45 bits per heavy atom. The van der Waals surface area contributed by atoms with Crippen LogP contribution in [-0.2, 0) is 26.2 Å². The number of hydrogen-bond acceptors (Lipinski definition) is 4. The molecule has 224 valence electrons. The topological polar surface area (TPSA) is 86.8 Å². The molecular weight excluding hydrogens is 570 g/mol. The molecule has 2 amide bonds. The summed E-state index contributed by atoms with van der Waals surface area (Å²) >= 11 is 6.11. The fourth-order valence-corrected chi connectivity index (χ4v) is 6.87. The molecule has 0 saturated heterocycles. The van der Waals surface area contributed by atoms with Crippen LogP contribution in [0.3, 0.4) is 0 Å². The third-order valence-electron chi connectivity index (χ3n) is 7.81. The van der Waals surface area contributed by atoms with Crippen LogP contribution in [0.1, 0.15) is 62.1 Å². The molecule has 0 bridgehead atoms. The van der Waals surface area contributed by atoms with Gasteiger partial charge in [-0.15, -0.1) is 0 Å². The predicted octanol–water partition coefficient (Wildman–Crippen LogP) is 6.41. The van der Waals surface area contributed by atoms with Crippen LogP contribution in [0.4, 0.5) is 5.69 Å². The normalized spacial score (nSPS) is 14.7. The number of carbonyl (C=O) groups excluding carboxylic acids is 2. The highest BCUT2D eigenvalue weighted by atomic mass is 35.5. The van der Waals surface area contributed by atoms with E-state index in [1.54, 1.807) is 48.5 Å². The molecule has 42 heavy (non-hydrogen) atoms. The summed E-state index contributed by atoms with van der Waals surface area (Å²) in [6, 6.07) is 20.0. The largest absolute Gasteiger partial charge is 0.352 e. The monoisotopic (exact) mass is 609 g/mol. The quantitative estimate of drug-likeness (QED) is 0.272. The number of nitrogens with zero attached hydrogens (tertiary/aromatic N) is 2. The Morgan fingerprint density at radius 1 is 0.881 bits per heavy atom. The number of rotatable bonds is 11. The Hall–Kier alpha value is -3.36. The molecule has 1 fully saturated rings. The number of halogens is 1. The first-order chi connectivity index (χ1) is 20.1. The SMILES string of the molecule is CC[C@H](C(=O)NC1CCCCC1)N(Cc1ccc(Cl)cc1)C(=O)CN(c1ccc(C)cc1)S(=O)(=O)c1ccc(C)cc1. The maximum Gasteiger partial charge on any atom is 0.264 e. The lowest BCUT2D eigenvalue weighted by Crippen LogP contribution is -2.54. The number of anilines is 1. The molecule has 3 aromatic carbocycles. The van der Waals surface area contributed by atoms with Crippen LogP contribution >= 0.6 is 11.6 Å². The highest BCUT2D eigenvalue weighted by molar-refractivity contribution is 7.92. The van der Waals surface area contributed by atoms with Crippen LogP contribution in [0.2, 0.25) is 5.02 Å². The summed E-state index contributed by atoms with van der Waals surface area (Å²) in [4.78, 5) is 29.4. The highest BCUT2D eigenvalue weighted by Crippen LogP contribution is 2.26. The number of nitrogens with one attached hydrogen (secondary N) is 1. The fraction of sp³-hybridized carbons (Fsp3) is 0.394. The molecule has 7 nitrogen and oxygen atoms in total. The van der Waals surface area contributed by atoms with Gasteiger partial charge in [-0.1, -0.05) is 85.3 Å². The minimum atomic E-state index is -4.10. The van der Waals surface area contributed by atoms with Crippen molar-refractivity contribution in [1.29, 1.82) is 0 Å². The summed E-state index contributed by atoms with van der Waals surface area (Å²) in [7, 11) is -4.10. The van der Waals surface area contributed by atoms with Gasteiger partial charge in [0.1, 0.15) is 12.6 Å². The van der Waals surface area contributed by atoms with Crippen LogP contribution in [0.25, 0.3) is 0 Å². The molecule has 1 atom stereocenters. The van der Waals surface area contributed by atoms with E-state index >= 15 is 0 Å². The molecule has 0 unspecified atom stereocenters. The Bertz CT molecular complexity index is 1450. The van der Waals surface area contributed by atoms with E-state index in [1.165, 1.54) is 4.90 Å². The van der Waals surface area contributed by atoms with E-state index in [0.717, 1.165) is 53.1 Å². The Balaban J connectivity index is 1.69. The van der Waals surface area contributed by atoms with Gasteiger partial charge in [-0.3, -0.25) is 13.9 Å². The van der Waals surface area contributed by atoms with Crippen molar-refractivity contribution in [3.63, 3.8) is 0 Å². The molecule has 0 spiro atoms. The Kier molecular flexibility index (Phi) is 10.7. The van der Waals surface area contributed by atoms with Crippen LogP contribution in [0, 0.1) is 13.8 Å². The van der Waals surface area contributed by atoms with Crippen molar-refractivity contribution < 1.29 is 18.0 Å². The number of sulfonamides is 1. The van der Waals surface area contributed by atoms with Gasteiger partial charge >= 0.3 is 0 Å². The van der Waals surface area contributed by atoms with Gasteiger partial charge in [0.2, 0.25) is 11.8 Å².